The Balaban J connectivity index is 0.000000158. The molecule has 14 heteroatoms. The number of benzene rings is 12. The molecule has 0 spiro atoms. The van der Waals surface area contributed by atoms with Gasteiger partial charge in [-0.25, -0.2) is 9.69 Å². The molecule has 0 aliphatic rings. The molecular weight excluding hydrogens is 1210 g/mol. The first-order valence-electron chi connectivity index (χ1n) is 30.7. The molecule has 8 nitrogen and oxygen atoms in total. The molecule has 0 saturated heterocycles. The minimum Gasteiger partial charge on any atom is -0.310 e. The molecule has 0 aliphatic carbocycles. The Morgan fingerprint density at radius 1 is 0.344 bits per heavy atom. The zero-order valence-electron chi connectivity index (χ0n) is 51.8. The van der Waals surface area contributed by atoms with Crippen molar-refractivity contribution >= 4 is 98.6 Å². The molecule has 16 aromatic rings. The number of aryl methyl sites for hydroxylation is 4. The van der Waals surface area contributed by atoms with Crippen molar-refractivity contribution in [3.63, 3.8) is 0 Å². The number of nitriles is 2. The van der Waals surface area contributed by atoms with Gasteiger partial charge in [-0.05, 0) is 128 Å². The zero-order chi connectivity index (χ0) is 66.6. The quantitative estimate of drug-likeness (QED) is 0.123. The van der Waals surface area contributed by atoms with Crippen LogP contribution in [0.3, 0.4) is 0 Å². The standard InChI is InChI=1S/2C41H25F3N4/c1-24-10-8-14-32-30-12-4-6-16-34(30)47(39(24)32)36-21-28(46-3)22-37(38(36)29-19-18-27(41(42,43)44)20-26(29)23-45)48-35-17-7-5-13-31(35)33-15-9-11-25(2)40(33)48;1-24-10-8-14-30-28-12-4-6-16-34(28)47(39(24)30)36-21-27(46-3)22-37(38(36)32-19-18-26(23-45)20-33(32)41(42,43)44)48-35-17-7-5-13-29(35)31-15-9-11-25(2)40(31)48/h2*4-22H,1-2H3. The average Bonchev–Trinajstić information content (AvgIpc) is 1.50. The van der Waals surface area contributed by atoms with Gasteiger partial charge in [0.15, 0.2) is 11.4 Å². The highest BCUT2D eigenvalue weighted by molar-refractivity contribution is 6.16. The minimum absolute atomic E-state index is 0.0814. The SMILES string of the molecule is [C-]#[N+]c1cc(-n2c3ccccc3c3cccc(C)c32)c(-c2ccc(C#N)cc2C(F)(F)F)c(-n2c3ccccc3c3cccc(C)c32)c1.[C-]#[N+]c1cc(-n2c3ccccc3c3cccc(C)c32)c(-c2ccc(C(F)(F)F)cc2C#N)c(-n2c3ccccc3c3cccc(C)c32)c1. The molecule has 96 heavy (non-hydrogen) atoms. The van der Waals surface area contributed by atoms with Crippen LogP contribution in [0.25, 0.3) is 142 Å². The summed E-state index contributed by atoms with van der Waals surface area (Å²) in [6.45, 7) is 24.4. The van der Waals surface area contributed by atoms with Gasteiger partial charge < -0.3 is 18.3 Å². The fourth-order valence-corrected chi connectivity index (χ4v) is 14.4. The van der Waals surface area contributed by atoms with Gasteiger partial charge in [-0.15, -0.1) is 0 Å². The second-order valence-corrected chi connectivity index (χ2v) is 24.0. The van der Waals surface area contributed by atoms with Crippen LogP contribution in [-0.4, -0.2) is 18.3 Å². The van der Waals surface area contributed by atoms with E-state index in [1.165, 1.54) is 18.2 Å². The first-order valence-corrected chi connectivity index (χ1v) is 30.7. The van der Waals surface area contributed by atoms with Crippen LogP contribution in [0.1, 0.15) is 44.5 Å². The van der Waals surface area contributed by atoms with E-state index in [4.69, 9.17) is 13.1 Å². The van der Waals surface area contributed by atoms with Crippen LogP contribution in [0.4, 0.5) is 37.7 Å². The Morgan fingerprint density at radius 3 is 0.979 bits per heavy atom. The van der Waals surface area contributed by atoms with Crippen LogP contribution in [0.5, 0.6) is 0 Å². The van der Waals surface area contributed by atoms with Crippen molar-refractivity contribution in [2.45, 2.75) is 40.0 Å². The van der Waals surface area contributed by atoms with E-state index in [2.05, 4.69) is 37.0 Å². The van der Waals surface area contributed by atoms with Gasteiger partial charge in [-0.2, -0.15) is 36.9 Å². The van der Waals surface area contributed by atoms with Crippen LogP contribution in [-0.2, 0) is 12.4 Å². The Kier molecular flexibility index (Phi) is 14.0. The third kappa shape index (κ3) is 9.33. The second-order valence-electron chi connectivity index (χ2n) is 24.0. The molecule has 0 bridgehead atoms. The number of nitrogens with zero attached hydrogens (tertiary/aromatic N) is 8. The maximum Gasteiger partial charge on any atom is 0.417 e. The van der Waals surface area contributed by atoms with Crippen molar-refractivity contribution in [3.8, 4) is 57.1 Å². The van der Waals surface area contributed by atoms with E-state index in [1.807, 2.05) is 201 Å². The Labute approximate surface area is 546 Å². The molecule has 0 saturated carbocycles. The van der Waals surface area contributed by atoms with E-state index in [0.717, 1.165) is 128 Å². The van der Waals surface area contributed by atoms with Gasteiger partial charge in [0, 0.05) is 82.5 Å². The molecule has 0 aliphatic heterocycles. The Morgan fingerprint density at radius 2 is 0.667 bits per heavy atom. The number of hydrogen-bond acceptors (Lipinski definition) is 2. The molecule has 4 aromatic heterocycles. The summed E-state index contributed by atoms with van der Waals surface area (Å²) in [6, 6.07) is 73.6. The predicted octanol–water partition coefficient (Wildman–Crippen LogP) is 23.2. The first-order chi connectivity index (χ1) is 46.4. The normalized spacial score (nSPS) is 11.8. The van der Waals surface area contributed by atoms with Crippen molar-refractivity contribution in [1.29, 1.82) is 10.5 Å². The van der Waals surface area contributed by atoms with Gasteiger partial charge in [0.1, 0.15) is 0 Å². The highest BCUT2D eigenvalue weighted by Gasteiger charge is 2.37. The largest absolute Gasteiger partial charge is 0.417 e. The van der Waals surface area contributed by atoms with E-state index < -0.39 is 23.5 Å². The molecule has 0 fully saturated rings. The van der Waals surface area contributed by atoms with Crippen molar-refractivity contribution in [2.24, 2.45) is 0 Å². The smallest absolute Gasteiger partial charge is 0.310 e. The summed E-state index contributed by atoms with van der Waals surface area (Å²) in [4.78, 5) is 7.78. The van der Waals surface area contributed by atoms with E-state index in [1.54, 1.807) is 24.3 Å². The maximum absolute atomic E-state index is 15.1. The third-order valence-electron chi connectivity index (χ3n) is 18.4. The second kappa shape index (κ2) is 22.6. The summed E-state index contributed by atoms with van der Waals surface area (Å²) in [5.74, 6) is 0. The summed E-state index contributed by atoms with van der Waals surface area (Å²) in [5.41, 5.74) is 12.5. The van der Waals surface area contributed by atoms with Gasteiger partial charge in [0.25, 0.3) is 0 Å². The molecule has 0 atom stereocenters. The molecule has 0 unspecified atom stereocenters. The fraction of sp³-hybridized carbons (Fsp3) is 0.0732. The van der Waals surface area contributed by atoms with Crippen molar-refractivity contribution < 1.29 is 26.3 Å². The summed E-state index contributed by atoms with van der Waals surface area (Å²) in [5, 5.41) is 27.9. The van der Waals surface area contributed by atoms with Crippen LogP contribution in [0.2, 0.25) is 0 Å². The predicted molar refractivity (Wildman–Crippen MR) is 372 cm³/mol. The number of aromatic nitrogens is 4. The maximum atomic E-state index is 15.1. The van der Waals surface area contributed by atoms with E-state index in [0.29, 0.717) is 45.1 Å². The molecule has 12 aromatic carbocycles. The molecule has 460 valence electrons. The number of rotatable bonds is 6. The van der Waals surface area contributed by atoms with Gasteiger partial charge in [-0.3, -0.25) is 0 Å². The molecule has 4 heterocycles. The van der Waals surface area contributed by atoms with Crippen molar-refractivity contribution in [1.82, 2.24) is 18.3 Å². The lowest BCUT2D eigenvalue weighted by Gasteiger charge is -2.24. The molecule has 0 N–H and O–H groups in total. The highest BCUT2D eigenvalue weighted by atomic mass is 19.4. The summed E-state index contributed by atoms with van der Waals surface area (Å²) in [7, 11) is 0. The summed E-state index contributed by atoms with van der Waals surface area (Å²) in [6.07, 6.45) is -9.40. The van der Waals surface area contributed by atoms with Crippen LogP contribution < -0.4 is 0 Å². The number of alkyl halides is 6. The van der Waals surface area contributed by atoms with E-state index >= 15 is 13.2 Å². The first kappa shape index (κ1) is 59.7. The topological polar surface area (TPSA) is 76.0 Å². The van der Waals surface area contributed by atoms with Crippen LogP contribution in [0.15, 0.2) is 231 Å². The number of para-hydroxylation sites is 8. The third-order valence-corrected chi connectivity index (χ3v) is 18.4. The van der Waals surface area contributed by atoms with Crippen LogP contribution in [0, 0.1) is 63.5 Å². The van der Waals surface area contributed by atoms with Crippen molar-refractivity contribution in [2.75, 3.05) is 0 Å². The van der Waals surface area contributed by atoms with Crippen LogP contribution >= 0.6 is 0 Å². The highest BCUT2D eigenvalue weighted by Crippen LogP contribution is 2.50. The Bertz CT molecular complexity index is 5900. The van der Waals surface area contributed by atoms with Gasteiger partial charge in [0.05, 0.1) is 91.7 Å². The average molecular weight is 1260 g/mol. The lowest BCUT2D eigenvalue weighted by molar-refractivity contribution is -0.138. The fourth-order valence-electron chi connectivity index (χ4n) is 14.4. The summed E-state index contributed by atoms with van der Waals surface area (Å²) < 4.78 is 95.4. The Hall–Kier alpha value is -12.6. The van der Waals surface area contributed by atoms with Gasteiger partial charge >= 0.3 is 12.4 Å². The number of fused-ring (bicyclic) bond motifs is 12. The van der Waals surface area contributed by atoms with Crippen molar-refractivity contribution in [3.05, 3.63) is 298 Å². The van der Waals surface area contributed by atoms with E-state index in [-0.39, 0.29) is 22.4 Å². The minimum atomic E-state index is -4.78. The molecule has 16 rings (SSSR count). The molecule has 0 radical (unpaired) electrons. The summed E-state index contributed by atoms with van der Waals surface area (Å²) >= 11 is 0. The van der Waals surface area contributed by atoms with Gasteiger partial charge in [-0.1, -0.05) is 158 Å². The van der Waals surface area contributed by atoms with Gasteiger partial charge in [0.2, 0.25) is 0 Å². The number of hydrogen-bond donors (Lipinski definition) is 0. The number of halogens is 6. The lowest BCUT2D eigenvalue weighted by Crippen LogP contribution is -2.11. The lowest BCUT2D eigenvalue weighted by atomic mass is 9.93. The monoisotopic (exact) mass is 1260 g/mol. The molecular formula is C82H50F6N8. The van der Waals surface area contributed by atoms with E-state index in [9.17, 15) is 23.7 Å². The molecule has 0 amide bonds. The zero-order valence-corrected chi connectivity index (χ0v) is 51.8.